The zero-order chi connectivity index (χ0) is 21.5. The number of amides is 1. The van der Waals surface area contributed by atoms with Crippen molar-refractivity contribution in [2.24, 2.45) is 12.5 Å². The molecule has 1 fully saturated rings. The second-order valence-corrected chi connectivity index (χ2v) is 9.80. The number of nitrogens with one attached hydrogen (secondary N) is 2. The normalized spacial score (nSPS) is 22.3. The first-order valence-electron chi connectivity index (χ1n) is 10.9. The fourth-order valence-corrected chi connectivity index (χ4v) is 4.40. The van der Waals surface area contributed by atoms with Gasteiger partial charge >= 0.3 is 5.69 Å². The predicted molar refractivity (Wildman–Crippen MR) is 117 cm³/mol. The summed E-state index contributed by atoms with van der Waals surface area (Å²) in [4.78, 5) is 32.3. The fraction of sp³-hybridized carbons (Fsp3) is 0.609. The molecule has 2 N–H and O–H groups in total. The van der Waals surface area contributed by atoms with Gasteiger partial charge in [-0.1, -0.05) is 26.8 Å². The molecule has 2 aromatic heterocycles. The summed E-state index contributed by atoms with van der Waals surface area (Å²) in [6, 6.07) is 2.26. The zero-order valence-corrected chi connectivity index (χ0v) is 18.4. The SMILES string of the molecule is Cn1c(=O)[nH]c2c(CC(C)(C)C)cc(C3=CCC(NC(=O)C4CCCO4)CC3)nc21. The van der Waals surface area contributed by atoms with Gasteiger partial charge in [0, 0.05) is 19.7 Å². The quantitative estimate of drug-likeness (QED) is 0.808. The Labute approximate surface area is 176 Å². The molecule has 2 aliphatic rings. The highest BCUT2D eigenvalue weighted by Gasteiger charge is 2.27. The molecule has 0 aromatic carbocycles. The molecule has 1 saturated heterocycles. The van der Waals surface area contributed by atoms with Crippen LogP contribution in [0.25, 0.3) is 16.7 Å². The average Bonchev–Trinajstić information content (AvgIpc) is 3.31. The van der Waals surface area contributed by atoms with Crippen molar-refractivity contribution in [3.05, 3.63) is 33.9 Å². The number of aryl methyl sites for hydroxylation is 1. The Morgan fingerprint density at radius 2 is 2.17 bits per heavy atom. The maximum atomic E-state index is 12.3. The van der Waals surface area contributed by atoms with Crippen LogP contribution in [0.2, 0.25) is 0 Å². The number of aromatic nitrogens is 3. The number of carbonyl (C=O) groups excluding carboxylic acids is 1. The molecular formula is C23H32N4O3. The van der Waals surface area contributed by atoms with Crippen LogP contribution in [-0.4, -0.2) is 39.2 Å². The number of fused-ring (bicyclic) bond motifs is 1. The number of aromatic amines is 1. The zero-order valence-electron chi connectivity index (χ0n) is 18.4. The summed E-state index contributed by atoms with van der Waals surface area (Å²) in [7, 11) is 1.75. The molecule has 3 heterocycles. The van der Waals surface area contributed by atoms with E-state index in [1.54, 1.807) is 11.6 Å². The van der Waals surface area contributed by atoms with Crippen LogP contribution in [0, 0.1) is 5.41 Å². The van der Waals surface area contributed by atoms with Crippen molar-refractivity contribution in [1.82, 2.24) is 19.9 Å². The highest BCUT2D eigenvalue weighted by Crippen LogP contribution is 2.31. The van der Waals surface area contributed by atoms with Crippen LogP contribution in [0.4, 0.5) is 0 Å². The predicted octanol–water partition coefficient (Wildman–Crippen LogP) is 3.08. The minimum atomic E-state index is -0.283. The van der Waals surface area contributed by atoms with Gasteiger partial charge in [0.25, 0.3) is 0 Å². The van der Waals surface area contributed by atoms with E-state index in [0.29, 0.717) is 12.3 Å². The van der Waals surface area contributed by atoms with Gasteiger partial charge in [-0.25, -0.2) is 9.78 Å². The Hall–Kier alpha value is -2.41. The molecule has 7 nitrogen and oxygen atoms in total. The van der Waals surface area contributed by atoms with Crippen molar-refractivity contribution in [2.75, 3.05) is 6.61 Å². The fourth-order valence-electron chi connectivity index (χ4n) is 4.40. The minimum Gasteiger partial charge on any atom is -0.368 e. The number of rotatable bonds is 4. The van der Waals surface area contributed by atoms with Gasteiger partial charge in [0.2, 0.25) is 5.91 Å². The van der Waals surface area contributed by atoms with Crippen molar-refractivity contribution in [3.63, 3.8) is 0 Å². The Kier molecular flexibility index (Phi) is 5.57. The second kappa shape index (κ2) is 8.02. The van der Waals surface area contributed by atoms with E-state index in [2.05, 4.69) is 43.2 Å². The lowest BCUT2D eigenvalue weighted by Gasteiger charge is -2.25. The second-order valence-electron chi connectivity index (χ2n) is 9.80. The van der Waals surface area contributed by atoms with Gasteiger partial charge in [-0.2, -0.15) is 0 Å². The van der Waals surface area contributed by atoms with Gasteiger partial charge in [0.1, 0.15) is 6.10 Å². The van der Waals surface area contributed by atoms with E-state index in [0.717, 1.165) is 55.3 Å². The van der Waals surface area contributed by atoms with E-state index in [1.807, 2.05) is 0 Å². The van der Waals surface area contributed by atoms with E-state index >= 15 is 0 Å². The smallest absolute Gasteiger partial charge is 0.327 e. The highest BCUT2D eigenvalue weighted by atomic mass is 16.5. The van der Waals surface area contributed by atoms with E-state index in [1.165, 1.54) is 5.57 Å². The van der Waals surface area contributed by atoms with Gasteiger partial charge in [-0.15, -0.1) is 0 Å². The van der Waals surface area contributed by atoms with Crippen molar-refractivity contribution in [3.8, 4) is 0 Å². The van der Waals surface area contributed by atoms with E-state index < -0.39 is 0 Å². The summed E-state index contributed by atoms with van der Waals surface area (Å²) < 4.78 is 7.07. The van der Waals surface area contributed by atoms with Crippen molar-refractivity contribution >= 4 is 22.6 Å². The lowest BCUT2D eigenvalue weighted by molar-refractivity contribution is -0.130. The van der Waals surface area contributed by atoms with Crippen molar-refractivity contribution in [1.29, 1.82) is 0 Å². The van der Waals surface area contributed by atoms with Crippen molar-refractivity contribution < 1.29 is 9.53 Å². The number of hydrogen-bond donors (Lipinski definition) is 2. The third-order valence-electron chi connectivity index (χ3n) is 5.97. The van der Waals surface area contributed by atoms with Crippen LogP contribution < -0.4 is 11.0 Å². The lowest BCUT2D eigenvalue weighted by atomic mass is 9.86. The molecule has 162 valence electrons. The van der Waals surface area contributed by atoms with Gasteiger partial charge < -0.3 is 15.0 Å². The molecule has 2 aromatic rings. The van der Waals surface area contributed by atoms with Crippen molar-refractivity contribution in [2.45, 2.75) is 71.4 Å². The largest absolute Gasteiger partial charge is 0.368 e. The Morgan fingerprint density at radius 1 is 1.37 bits per heavy atom. The molecule has 1 aliphatic heterocycles. The van der Waals surface area contributed by atoms with Gasteiger partial charge in [0.15, 0.2) is 5.65 Å². The number of nitrogens with zero attached hydrogens (tertiary/aromatic N) is 2. The van der Waals surface area contributed by atoms with Gasteiger partial charge in [-0.05, 0) is 61.1 Å². The first-order valence-corrected chi connectivity index (χ1v) is 10.9. The van der Waals surface area contributed by atoms with E-state index in [-0.39, 0.29) is 29.2 Å². The third-order valence-corrected chi connectivity index (χ3v) is 5.97. The number of imidazole rings is 1. The third kappa shape index (κ3) is 4.36. The Morgan fingerprint density at radius 3 is 2.80 bits per heavy atom. The molecular weight excluding hydrogens is 380 g/mol. The molecule has 4 rings (SSSR count). The molecule has 0 spiro atoms. The molecule has 0 saturated carbocycles. The van der Waals surface area contributed by atoms with Crippen LogP contribution in [0.5, 0.6) is 0 Å². The minimum absolute atomic E-state index is 0.0173. The Balaban J connectivity index is 1.57. The molecule has 2 atom stereocenters. The maximum absolute atomic E-state index is 12.3. The van der Waals surface area contributed by atoms with Crippen LogP contribution in [-0.2, 0) is 23.0 Å². The standard InChI is InChI=1S/C23H32N4O3/c1-23(2,3)13-15-12-17(25-20-19(15)26-22(29)27(20)4)14-7-9-16(10-8-14)24-21(28)18-6-5-11-30-18/h7,12,16,18H,5-6,8-11,13H2,1-4H3,(H,24,28)(H,26,29). The summed E-state index contributed by atoms with van der Waals surface area (Å²) >= 11 is 0. The average molecular weight is 413 g/mol. The number of allylic oxidation sites excluding steroid dienone is 1. The van der Waals surface area contributed by atoms with Crippen LogP contribution in [0.1, 0.15) is 64.1 Å². The van der Waals surface area contributed by atoms with Gasteiger partial charge in [0.05, 0.1) is 11.2 Å². The topological polar surface area (TPSA) is 89.0 Å². The molecule has 2 unspecified atom stereocenters. The Bertz CT molecular complexity index is 1040. The number of pyridine rings is 1. The highest BCUT2D eigenvalue weighted by molar-refractivity contribution is 5.82. The molecule has 7 heteroatoms. The first kappa shape index (κ1) is 20.8. The number of ether oxygens (including phenoxy) is 1. The molecule has 30 heavy (non-hydrogen) atoms. The van der Waals surface area contributed by atoms with Gasteiger partial charge in [-0.3, -0.25) is 9.36 Å². The van der Waals surface area contributed by atoms with Crippen LogP contribution in [0.15, 0.2) is 16.9 Å². The van der Waals surface area contributed by atoms with Crippen LogP contribution in [0.3, 0.4) is 0 Å². The summed E-state index contributed by atoms with van der Waals surface area (Å²) in [5, 5.41) is 3.14. The monoisotopic (exact) mass is 412 g/mol. The molecule has 1 aliphatic carbocycles. The molecule has 0 radical (unpaired) electrons. The summed E-state index contributed by atoms with van der Waals surface area (Å²) in [5.74, 6) is 0.0173. The maximum Gasteiger partial charge on any atom is 0.327 e. The summed E-state index contributed by atoms with van der Waals surface area (Å²) in [6.45, 7) is 7.27. The lowest BCUT2D eigenvalue weighted by Crippen LogP contribution is -2.41. The van der Waals surface area contributed by atoms with E-state index in [9.17, 15) is 9.59 Å². The molecule has 1 amide bonds. The number of hydrogen-bond acceptors (Lipinski definition) is 4. The number of H-pyrrole nitrogens is 1. The van der Waals surface area contributed by atoms with Crippen LogP contribution >= 0.6 is 0 Å². The first-order chi connectivity index (χ1) is 14.2. The summed E-state index contributed by atoms with van der Waals surface area (Å²) in [6.07, 6.45) is 7.04. The number of carbonyl (C=O) groups is 1. The summed E-state index contributed by atoms with van der Waals surface area (Å²) in [5.41, 5.74) is 4.72. The van der Waals surface area contributed by atoms with E-state index in [4.69, 9.17) is 9.72 Å². The molecule has 0 bridgehead atoms.